The van der Waals surface area contributed by atoms with E-state index in [1.807, 2.05) is 48.5 Å². The van der Waals surface area contributed by atoms with Crippen LogP contribution in [-0.2, 0) is 6.54 Å². The lowest BCUT2D eigenvalue weighted by molar-refractivity contribution is 0.416. The van der Waals surface area contributed by atoms with Crippen molar-refractivity contribution < 1.29 is 4.74 Å². The van der Waals surface area contributed by atoms with Crippen LogP contribution in [-0.4, -0.2) is 21.7 Å². The van der Waals surface area contributed by atoms with Crippen LogP contribution in [0.1, 0.15) is 5.56 Å². The molecule has 26 heavy (non-hydrogen) atoms. The molecular formula is C20H17BrN4O. The average Bonchev–Trinajstić information content (AvgIpc) is 3.08. The summed E-state index contributed by atoms with van der Waals surface area (Å²) in [7, 11) is 1.67. The number of para-hydroxylation sites is 1. The van der Waals surface area contributed by atoms with E-state index in [0.717, 1.165) is 32.9 Å². The highest BCUT2D eigenvalue weighted by atomic mass is 79.9. The maximum Gasteiger partial charge on any atom is 0.172 e. The number of anilines is 1. The largest absolute Gasteiger partial charge is 0.496 e. The summed E-state index contributed by atoms with van der Waals surface area (Å²) in [6, 6.07) is 20.1. The molecule has 2 heterocycles. The molecular weight excluding hydrogens is 392 g/mol. The number of halogens is 1. The van der Waals surface area contributed by atoms with E-state index in [9.17, 15) is 0 Å². The molecule has 0 aliphatic heterocycles. The van der Waals surface area contributed by atoms with Gasteiger partial charge in [0, 0.05) is 18.2 Å². The summed E-state index contributed by atoms with van der Waals surface area (Å²) >= 11 is 3.53. The van der Waals surface area contributed by atoms with Crippen LogP contribution in [0.3, 0.4) is 0 Å². The first-order valence-electron chi connectivity index (χ1n) is 8.22. The van der Waals surface area contributed by atoms with Gasteiger partial charge in [-0.25, -0.2) is 4.98 Å². The molecule has 0 atom stereocenters. The second kappa shape index (κ2) is 7.17. The Labute approximate surface area is 159 Å². The molecule has 0 amide bonds. The minimum Gasteiger partial charge on any atom is -0.496 e. The van der Waals surface area contributed by atoms with Crippen LogP contribution in [0.25, 0.3) is 16.9 Å². The zero-order valence-electron chi connectivity index (χ0n) is 14.2. The summed E-state index contributed by atoms with van der Waals surface area (Å²) in [5.41, 5.74) is 3.71. The van der Waals surface area contributed by atoms with E-state index in [1.54, 1.807) is 17.8 Å². The normalized spacial score (nSPS) is 10.8. The molecule has 4 aromatic rings. The quantitative estimate of drug-likeness (QED) is 0.516. The molecule has 0 bridgehead atoms. The number of aromatic nitrogens is 3. The summed E-state index contributed by atoms with van der Waals surface area (Å²) < 4.78 is 8.14. The average molecular weight is 409 g/mol. The molecule has 0 spiro atoms. The van der Waals surface area contributed by atoms with Crippen molar-refractivity contribution in [2.45, 2.75) is 6.54 Å². The molecule has 0 aliphatic carbocycles. The van der Waals surface area contributed by atoms with E-state index in [2.05, 4.69) is 38.5 Å². The maximum absolute atomic E-state index is 5.50. The SMILES string of the molecule is COc1ccccc1-c1cc(NCc2ccccc2)n2ncc(Br)c2n1. The van der Waals surface area contributed by atoms with Crippen molar-refractivity contribution in [3.05, 3.63) is 76.9 Å². The second-order valence-electron chi connectivity index (χ2n) is 5.79. The molecule has 1 N–H and O–H groups in total. The van der Waals surface area contributed by atoms with Gasteiger partial charge in [0.25, 0.3) is 0 Å². The summed E-state index contributed by atoms with van der Waals surface area (Å²) in [5, 5.41) is 7.89. The van der Waals surface area contributed by atoms with E-state index in [0.29, 0.717) is 6.54 Å². The van der Waals surface area contributed by atoms with Crippen molar-refractivity contribution >= 4 is 27.4 Å². The van der Waals surface area contributed by atoms with Crippen molar-refractivity contribution in [2.24, 2.45) is 0 Å². The zero-order chi connectivity index (χ0) is 17.9. The monoisotopic (exact) mass is 408 g/mol. The number of fused-ring (bicyclic) bond motifs is 1. The highest BCUT2D eigenvalue weighted by Crippen LogP contribution is 2.31. The van der Waals surface area contributed by atoms with Gasteiger partial charge in [0.15, 0.2) is 5.65 Å². The Bertz CT molecular complexity index is 1050. The smallest absolute Gasteiger partial charge is 0.172 e. The number of nitrogens with zero attached hydrogens (tertiary/aromatic N) is 3. The number of benzene rings is 2. The Kier molecular flexibility index (Phi) is 4.58. The molecule has 0 saturated heterocycles. The van der Waals surface area contributed by atoms with Gasteiger partial charge in [-0.3, -0.25) is 0 Å². The number of rotatable bonds is 5. The molecule has 6 heteroatoms. The van der Waals surface area contributed by atoms with E-state index >= 15 is 0 Å². The number of hydrogen-bond donors (Lipinski definition) is 1. The first-order valence-corrected chi connectivity index (χ1v) is 9.01. The Hall–Kier alpha value is -2.86. The predicted molar refractivity (Wildman–Crippen MR) is 106 cm³/mol. The van der Waals surface area contributed by atoms with Gasteiger partial charge in [-0.1, -0.05) is 42.5 Å². The fourth-order valence-corrected chi connectivity index (χ4v) is 3.19. The van der Waals surface area contributed by atoms with Crippen LogP contribution in [0.15, 0.2) is 71.3 Å². The lowest BCUT2D eigenvalue weighted by Gasteiger charge is -2.12. The first kappa shape index (κ1) is 16.6. The van der Waals surface area contributed by atoms with Gasteiger partial charge in [0.1, 0.15) is 11.6 Å². The van der Waals surface area contributed by atoms with Gasteiger partial charge in [-0.15, -0.1) is 0 Å². The van der Waals surface area contributed by atoms with Crippen molar-refractivity contribution in [3.63, 3.8) is 0 Å². The van der Waals surface area contributed by atoms with Crippen molar-refractivity contribution in [3.8, 4) is 17.0 Å². The van der Waals surface area contributed by atoms with Gasteiger partial charge >= 0.3 is 0 Å². The highest BCUT2D eigenvalue weighted by Gasteiger charge is 2.14. The second-order valence-corrected chi connectivity index (χ2v) is 6.65. The minimum absolute atomic E-state index is 0.697. The summed E-state index contributed by atoms with van der Waals surface area (Å²) in [4.78, 5) is 4.76. The number of methoxy groups -OCH3 is 1. The molecule has 4 rings (SSSR count). The lowest BCUT2D eigenvalue weighted by atomic mass is 10.1. The number of hydrogen-bond acceptors (Lipinski definition) is 4. The van der Waals surface area contributed by atoms with Crippen LogP contribution in [0.4, 0.5) is 5.82 Å². The van der Waals surface area contributed by atoms with E-state index in [4.69, 9.17) is 9.72 Å². The van der Waals surface area contributed by atoms with E-state index < -0.39 is 0 Å². The lowest BCUT2D eigenvalue weighted by Crippen LogP contribution is -2.07. The molecule has 5 nitrogen and oxygen atoms in total. The fraction of sp³-hybridized carbons (Fsp3) is 0.100. The number of nitrogens with one attached hydrogen (secondary N) is 1. The molecule has 0 unspecified atom stereocenters. The van der Waals surface area contributed by atoms with Crippen molar-refractivity contribution in [2.75, 3.05) is 12.4 Å². The van der Waals surface area contributed by atoms with Crippen molar-refractivity contribution in [1.29, 1.82) is 0 Å². The summed E-state index contributed by atoms with van der Waals surface area (Å²) in [6.45, 7) is 0.697. The van der Waals surface area contributed by atoms with Crippen LogP contribution >= 0.6 is 15.9 Å². The first-order chi connectivity index (χ1) is 12.8. The fourth-order valence-electron chi connectivity index (χ4n) is 2.84. The Morgan fingerprint density at radius 1 is 1.08 bits per heavy atom. The van der Waals surface area contributed by atoms with Gasteiger partial charge < -0.3 is 10.1 Å². The number of ether oxygens (including phenoxy) is 1. The molecule has 130 valence electrons. The van der Waals surface area contributed by atoms with Crippen molar-refractivity contribution in [1.82, 2.24) is 14.6 Å². The summed E-state index contributed by atoms with van der Waals surface area (Å²) in [5.74, 6) is 1.65. The third-order valence-corrected chi connectivity index (χ3v) is 4.69. The van der Waals surface area contributed by atoms with E-state index in [-0.39, 0.29) is 0 Å². The van der Waals surface area contributed by atoms with Gasteiger partial charge in [-0.05, 0) is 33.6 Å². The van der Waals surface area contributed by atoms with Crippen LogP contribution in [0.5, 0.6) is 5.75 Å². The minimum atomic E-state index is 0.697. The molecule has 2 aromatic carbocycles. The van der Waals surface area contributed by atoms with E-state index in [1.165, 1.54) is 5.56 Å². The van der Waals surface area contributed by atoms with Crippen LogP contribution < -0.4 is 10.1 Å². The third kappa shape index (κ3) is 3.15. The molecule has 0 aliphatic rings. The van der Waals surface area contributed by atoms with Gasteiger partial charge in [0.05, 0.1) is 23.5 Å². The molecule has 0 saturated carbocycles. The Morgan fingerprint density at radius 3 is 2.65 bits per heavy atom. The zero-order valence-corrected chi connectivity index (χ0v) is 15.8. The Morgan fingerprint density at radius 2 is 1.85 bits per heavy atom. The molecule has 0 fully saturated rings. The molecule has 0 radical (unpaired) electrons. The highest BCUT2D eigenvalue weighted by molar-refractivity contribution is 9.10. The molecule has 2 aromatic heterocycles. The van der Waals surface area contributed by atoms with Crippen LogP contribution in [0.2, 0.25) is 0 Å². The standard InChI is InChI=1S/C20H17BrN4O/c1-26-18-10-6-5-9-15(18)17-11-19(22-12-14-7-3-2-4-8-14)25-20(24-17)16(21)13-23-25/h2-11,13,22H,12H2,1H3. The van der Waals surface area contributed by atoms with Gasteiger partial charge in [0.2, 0.25) is 0 Å². The summed E-state index contributed by atoms with van der Waals surface area (Å²) in [6.07, 6.45) is 1.75. The maximum atomic E-state index is 5.50. The third-order valence-electron chi connectivity index (χ3n) is 4.13. The van der Waals surface area contributed by atoms with Gasteiger partial charge in [-0.2, -0.15) is 9.61 Å². The van der Waals surface area contributed by atoms with Crippen LogP contribution in [0, 0.1) is 0 Å². The Balaban J connectivity index is 1.79. The topological polar surface area (TPSA) is 51.5 Å². The predicted octanol–water partition coefficient (Wildman–Crippen LogP) is 4.78.